The molecule has 0 aliphatic rings. The van der Waals surface area contributed by atoms with Crippen molar-refractivity contribution in [3.05, 3.63) is 57.5 Å². The molecule has 1 atom stereocenters. The molecule has 0 saturated heterocycles. The fourth-order valence-electron chi connectivity index (χ4n) is 2.93. The monoisotopic (exact) mass is 417 g/mol. The summed E-state index contributed by atoms with van der Waals surface area (Å²) in [5.74, 6) is -0.258. The number of esters is 1. The third-order valence-electron chi connectivity index (χ3n) is 4.21. The van der Waals surface area contributed by atoms with E-state index >= 15 is 0 Å². The number of thiazole rings is 1. The Kier molecular flexibility index (Phi) is 6.64. The zero-order valence-electron chi connectivity index (χ0n) is 16.0. The Hall–Kier alpha value is -2.45. The van der Waals surface area contributed by atoms with Crippen molar-refractivity contribution in [2.75, 3.05) is 12.4 Å². The van der Waals surface area contributed by atoms with Crippen LogP contribution in [0, 0.1) is 5.92 Å². The van der Waals surface area contributed by atoms with Gasteiger partial charge in [0.25, 0.3) is 0 Å². The molecule has 3 aromatic rings. The Balaban J connectivity index is 1.76. The number of hydrogen-bond donors (Lipinski definition) is 1. The van der Waals surface area contributed by atoms with Crippen molar-refractivity contribution in [2.45, 2.75) is 32.7 Å². The van der Waals surface area contributed by atoms with Crippen LogP contribution < -0.4 is 5.32 Å². The first-order chi connectivity index (χ1) is 13.5. The molecule has 3 rings (SSSR count). The minimum Gasteiger partial charge on any atom is -0.464 e. The number of carbonyl (C=O) groups is 2. The molecule has 0 spiro atoms. The smallest absolute Gasteiger partial charge is 0.357 e. The number of nitrogens with one attached hydrogen (secondary N) is 1. The van der Waals surface area contributed by atoms with Crippen molar-refractivity contribution in [3.63, 3.8) is 0 Å². The topological polar surface area (TPSA) is 73.2 Å². The third-order valence-corrected chi connectivity index (χ3v) is 5.90. The second-order valence-electron chi connectivity index (χ2n) is 6.84. The number of carbonyl (C=O) groups excluding carboxylic acids is 2. The molecule has 0 unspecified atom stereocenters. The standard InChI is InChI=1S/C20H23N3O3S2/c1-13(2)10-16-18(19(25)26-3)22-20(28-16)21-17(24)11-15(14-6-9-27-12-14)23-7-4-5-8-23/h4-9,12-13,15H,10-11H2,1-3H3,(H,21,22,24)/t15-/m1/s1. The van der Waals surface area contributed by atoms with E-state index < -0.39 is 5.97 Å². The Morgan fingerprint density at radius 2 is 2.04 bits per heavy atom. The van der Waals surface area contributed by atoms with Crippen molar-refractivity contribution in [2.24, 2.45) is 5.92 Å². The van der Waals surface area contributed by atoms with E-state index in [9.17, 15) is 9.59 Å². The lowest BCUT2D eigenvalue weighted by molar-refractivity contribution is -0.116. The molecule has 28 heavy (non-hydrogen) atoms. The van der Waals surface area contributed by atoms with Crippen LogP contribution in [0.25, 0.3) is 0 Å². The SMILES string of the molecule is COC(=O)c1nc(NC(=O)C[C@H](c2ccsc2)n2cccc2)sc1CC(C)C. The zero-order chi connectivity index (χ0) is 20.1. The summed E-state index contributed by atoms with van der Waals surface area (Å²) in [6.07, 6.45) is 4.89. The highest BCUT2D eigenvalue weighted by atomic mass is 32.1. The van der Waals surface area contributed by atoms with Crippen LogP contribution in [0.1, 0.15) is 47.2 Å². The summed E-state index contributed by atoms with van der Waals surface area (Å²) in [6, 6.07) is 5.83. The Bertz CT molecular complexity index is 881. The van der Waals surface area contributed by atoms with Gasteiger partial charge in [0.15, 0.2) is 10.8 Å². The van der Waals surface area contributed by atoms with Crippen molar-refractivity contribution in [1.82, 2.24) is 9.55 Å². The number of amides is 1. The Labute approximate surface area is 172 Å². The second-order valence-corrected chi connectivity index (χ2v) is 8.70. The van der Waals surface area contributed by atoms with Crippen LogP contribution in [0.4, 0.5) is 5.13 Å². The number of aromatic nitrogens is 2. The van der Waals surface area contributed by atoms with Crippen LogP contribution in [0.2, 0.25) is 0 Å². The van der Waals surface area contributed by atoms with Gasteiger partial charge in [-0.25, -0.2) is 9.78 Å². The summed E-state index contributed by atoms with van der Waals surface area (Å²) in [6.45, 7) is 4.14. The van der Waals surface area contributed by atoms with Gasteiger partial charge in [0.2, 0.25) is 5.91 Å². The number of nitrogens with zero attached hydrogens (tertiary/aromatic N) is 2. The quantitative estimate of drug-likeness (QED) is 0.543. The van der Waals surface area contributed by atoms with Gasteiger partial charge in [-0.3, -0.25) is 4.79 Å². The van der Waals surface area contributed by atoms with Gasteiger partial charge < -0.3 is 14.6 Å². The maximum atomic E-state index is 12.7. The van der Waals surface area contributed by atoms with Crippen LogP contribution in [0.15, 0.2) is 41.4 Å². The van der Waals surface area contributed by atoms with Crippen LogP contribution in [-0.2, 0) is 16.0 Å². The van der Waals surface area contributed by atoms with E-state index in [-0.39, 0.29) is 24.1 Å². The van der Waals surface area contributed by atoms with Gasteiger partial charge in [0.1, 0.15) is 0 Å². The van der Waals surface area contributed by atoms with Crippen LogP contribution in [0.5, 0.6) is 0 Å². The molecule has 8 heteroatoms. The van der Waals surface area contributed by atoms with Crippen molar-refractivity contribution < 1.29 is 14.3 Å². The second kappa shape index (κ2) is 9.16. The lowest BCUT2D eigenvalue weighted by Gasteiger charge is -2.17. The maximum absolute atomic E-state index is 12.7. The molecule has 3 heterocycles. The van der Waals surface area contributed by atoms with Gasteiger partial charge in [0, 0.05) is 17.3 Å². The van der Waals surface area contributed by atoms with Gasteiger partial charge in [-0.1, -0.05) is 13.8 Å². The number of ether oxygens (including phenoxy) is 1. The van der Waals surface area contributed by atoms with E-state index in [0.717, 1.165) is 10.4 Å². The number of methoxy groups -OCH3 is 1. The van der Waals surface area contributed by atoms with Crippen molar-refractivity contribution in [3.8, 4) is 0 Å². The molecular weight excluding hydrogens is 394 g/mol. The number of rotatable bonds is 8. The average molecular weight is 418 g/mol. The van der Waals surface area contributed by atoms with Gasteiger partial charge in [-0.05, 0) is 46.9 Å². The summed E-state index contributed by atoms with van der Waals surface area (Å²) in [7, 11) is 1.33. The number of hydrogen-bond acceptors (Lipinski definition) is 6. The summed E-state index contributed by atoms with van der Waals surface area (Å²) in [4.78, 5) is 29.9. The minimum atomic E-state index is -0.476. The normalized spacial score (nSPS) is 12.1. The molecular formula is C20H23N3O3S2. The molecule has 0 aromatic carbocycles. The zero-order valence-corrected chi connectivity index (χ0v) is 17.7. The van der Waals surface area contributed by atoms with Gasteiger partial charge in [-0.2, -0.15) is 11.3 Å². The number of anilines is 1. The summed E-state index contributed by atoms with van der Waals surface area (Å²) in [5, 5.41) is 7.35. The summed E-state index contributed by atoms with van der Waals surface area (Å²) < 4.78 is 6.85. The minimum absolute atomic E-state index is 0.0866. The lowest BCUT2D eigenvalue weighted by Crippen LogP contribution is -2.19. The van der Waals surface area contributed by atoms with Gasteiger partial charge >= 0.3 is 5.97 Å². The first-order valence-corrected chi connectivity index (χ1v) is 10.8. The molecule has 1 N–H and O–H groups in total. The molecule has 0 aliphatic heterocycles. The number of thiophene rings is 1. The molecule has 0 saturated carbocycles. The van der Waals surface area contributed by atoms with Crippen molar-refractivity contribution in [1.29, 1.82) is 0 Å². The van der Waals surface area contributed by atoms with E-state index in [1.807, 2.05) is 40.5 Å². The predicted octanol–water partition coefficient (Wildman–Crippen LogP) is 4.61. The van der Waals surface area contributed by atoms with Crippen LogP contribution in [0.3, 0.4) is 0 Å². The van der Waals surface area contributed by atoms with Crippen LogP contribution >= 0.6 is 22.7 Å². The molecule has 148 valence electrons. The molecule has 0 aliphatic carbocycles. The van der Waals surface area contributed by atoms with Crippen LogP contribution in [-0.4, -0.2) is 28.5 Å². The molecule has 1 amide bonds. The first-order valence-electron chi connectivity index (χ1n) is 9.00. The van der Waals surface area contributed by atoms with E-state index in [1.165, 1.54) is 18.4 Å². The fraction of sp³-hybridized carbons (Fsp3) is 0.350. The Morgan fingerprint density at radius 3 is 2.64 bits per heavy atom. The predicted molar refractivity (Wildman–Crippen MR) is 112 cm³/mol. The lowest BCUT2D eigenvalue weighted by atomic mass is 10.1. The average Bonchev–Trinajstić information content (AvgIpc) is 3.40. The van der Waals surface area contributed by atoms with E-state index in [1.54, 1.807) is 11.3 Å². The highest BCUT2D eigenvalue weighted by Crippen LogP contribution is 2.28. The van der Waals surface area contributed by atoms with E-state index in [0.29, 0.717) is 17.5 Å². The molecule has 0 fully saturated rings. The largest absolute Gasteiger partial charge is 0.464 e. The van der Waals surface area contributed by atoms with E-state index in [2.05, 4.69) is 29.5 Å². The van der Waals surface area contributed by atoms with Gasteiger partial charge in [0.05, 0.1) is 19.6 Å². The maximum Gasteiger partial charge on any atom is 0.357 e. The summed E-state index contributed by atoms with van der Waals surface area (Å²) >= 11 is 2.94. The molecule has 0 bridgehead atoms. The fourth-order valence-corrected chi connectivity index (χ4v) is 4.82. The third kappa shape index (κ3) is 4.88. The molecule has 3 aromatic heterocycles. The highest BCUT2D eigenvalue weighted by Gasteiger charge is 2.22. The van der Waals surface area contributed by atoms with E-state index in [4.69, 9.17) is 4.74 Å². The highest BCUT2D eigenvalue weighted by molar-refractivity contribution is 7.16. The molecule has 6 nitrogen and oxygen atoms in total. The first kappa shape index (κ1) is 20.3. The summed E-state index contributed by atoms with van der Waals surface area (Å²) in [5.41, 5.74) is 1.38. The Morgan fingerprint density at radius 1 is 1.29 bits per heavy atom. The van der Waals surface area contributed by atoms with Crippen molar-refractivity contribution >= 4 is 39.7 Å². The molecule has 0 radical (unpaired) electrons. The van der Waals surface area contributed by atoms with Gasteiger partial charge in [-0.15, -0.1) is 11.3 Å².